The van der Waals surface area contributed by atoms with Crippen LogP contribution in [0.3, 0.4) is 0 Å². The minimum Gasteiger partial charge on any atom is -0.304 e. The second kappa shape index (κ2) is 8.84. The van der Waals surface area contributed by atoms with Crippen LogP contribution in [0.25, 0.3) is 0 Å². The van der Waals surface area contributed by atoms with Crippen LogP contribution in [0.1, 0.15) is 29.2 Å². The molecule has 4 nitrogen and oxygen atoms in total. The van der Waals surface area contributed by atoms with Crippen molar-refractivity contribution in [3.8, 4) is 6.07 Å². The van der Waals surface area contributed by atoms with Crippen molar-refractivity contribution in [1.82, 2.24) is 5.32 Å². The largest absolute Gasteiger partial charge is 0.304 e. The predicted molar refractivity (Wildman–Crippen MR) is 114 cm³/mol. The Morgan fingerprint density at radius 1 is 1.06 bits per heavy atom. The van der Waals surface area contributed by atoms with Crippen LogP contribution >= 0.6 is 11.6 Å². The number of carbonyl (C=O) groups excluding carboxylic acids is 1. The number of anilines is 1. The third kappa shape index (κ3) is 4.58. The van der Waals surface area contributed by atoms with Crippen LogP contribution in [0.5, 0.6) is 0 Å². The summed E-state index contributed by atoms with van der Waals surface area (Å²) in [5.74, 6) is -1.48. The van der Waals surface area contributed by atoms with Gasteiger partial charge in [-0.3, -0.25) is 4.79 Å². The first-order valence-corrected chi connectivity index (χ1v) is 10.1. The average Bonchev–Trinajstić information content (AvgIpc) is 3.08. The first-order chi connectivity index (χ1) is 14.9. The molecule has 1 saturated heterocycles. The van der Waals surface area contributed by atoms with Crippen LogP contribution in [-0.2, 0) is 11.3 Å². The molecular formula is C24H18ClF2N3O. The fourth-order valence-electron chi connectivity index (χ4n) is 3.88. The molecule has 7 heteroatoms. The zero-order chi connectivity index (χ0) is 22.0. The lowest BCUT2D eigenvalue weighted by Gasteiger charge is -2.25. The Balaban J connectivity index is 1.62. The molecule has 2 atom stereocenters. The zero-order valence-electron chi connectivity index (χ0n) is 16.4. The van der Waals surface area contributed by atoms with Crippen molar-refractivity contribution in [1.29, 1.82) is 5.26 Å². The van der Waals surface area contributed by atoms with Gasteiger partial charge in [0.1, 0.15) is 11.6 Å². The van der Waals surface area contributed by atoms with Gasteiger partial charge >= 0.3 is 0 Å². The maximum absolute atomic E-state index is 13.5. The van der Waals surface area contributed by atoms with Gasteiger partial charge in [-0.1, -0.05) is 23.7 Å². The topological polar surface area (TPSA) is 56.1 Å². The maximum Gasteiger partial charge on any atom is 0.244 e. The Morgan fingerprint density at radius 2 is 1.77 bits per heavy atom. The molecule has 156 valence electrons. The van der Waals surface area contributed by atoms with Crippen molar-refractivity contribution in [2.45, 2.75) is 25.0 Å². The molecule has 0 radical (unpaired) electrons. The fraction of sp³-hybridized carbons (Fsp3) is 0.167. The lowest BCUT2D eigenvalue weighted by molar-refractivity contribution is -0.119. The molecule has 0 spiro atoms. The number of halogens is 3. The van der Waals surface area contributed by atoms with Gasteiger partial charge in [-0.25, -0.2) is 8.78 Å². The van der Waals surface area contributed by atoms with Gasteiger partial charge in [0.15, 0.2) is 0 Å². The van der Waals surface area contributed by atoms with Gasteiger partial charge in [0.25, 0.3) is 0 Å². The summed E-state index contributed by atoms with van der Waals surface area (Å²) in [6.45, 7) is 0.147. The van der Waals surface area contributed by atoms with E-state index in [1.807, 2.05) is 18.2 Å². The van der Waals surface area contributed by atoms with Gasteiger partial charge in [-0.2, -0.15) is 5.26 Å². The summed E-state index contributed by atoms with van der Waals surface area (Å²) in [5, 5.41) is 12.8. The van der Waals surface area contributed by atoms with E-state index in [1.165, 1.54) is 12.1 Å². The van der Waals surface area contributed by atoms with Gasteiger partial charge in [0.2, 0.25) is 5.91 Å². The van der Waals surface area contributed by atoms with Gasteiger partial charge in [-0.05, 0) is 66.1 Å². The first kappa shape index (κ1) is 21.0. The van der Waals surface area contributed by atoms with Crippen molar-refractivity contribution < 1.29 is 13.6 Å². The molecule has 0 unspecified atom stereocenters. The summed E-state index contributed by atoms with van der Waals surface area (Å²) in [7, 11) is 0. The van der Waals surface area contributed by atoms with Crippen LogP contribution in [0.4, 0.5) is 14.5 Å². The van der Waals surface area contributed by atoms with Crippen LogP contribution < -0.4 is 10.2 Å². The molecule has 0 saturated carbocycles. The molecule has 4 rings (SSSR count). The Labute approximate surface area is 183 Å². The number of nitrogens with zero attached hydrogens (tertiary/aromatic N) is 2. The molecule has 0 bridgehead atoms. The molecular weight excluding hydrogens is 420 g/mol. The zero-order valence-corrected chi connectivity index (χ0v) is 17.1. The molecule has 1 heterocycles. The molecule has 1 N–H and O–H groups in total. The SMILES string of the molecule is N#Cc1ccc(N2C(=O)[C@H](NCc3cc(F)cc(F)c3)C[C@@H]2c2cccc(Cl)c2)cc1. The summed E-state index contributed by atoms with van der Waals surface area (Å²) in [6, 6.07) is 18.6. The highest BCUT2D eigenvalue weighted by molar-refractivity contribution is 6.30. The number of hydrogen-bond donors (Lipinski definition) is 1. The Kier molecular flexibility index (Phi) is 5.99. The van der Waals surface area contributed by atoms with E-state index in [-0.39, 0.29) is 18.5 Å². The molecule has 1 aliphatic rings. The highest BCUT2D eigenvalue weighted by atomic mass is 35.5. The van der Waals surface area contributed by atoms with E-state index in [9.17, 15) is 13.6 Å². The summed E-state index contributed by atoms with van der Waals surface area (Å²) in [5.41, 5.74) is 2.46. The van der Waals surface area contributed by atoms with E-state index in [0.717, 1.165) is 11.6 Å². The minimum absolute atomic E-state index is 0.147. The van der Waals surface area contributed by atoms with Crippen molar-refractivity contribution in [3.05, 3.63) is 100 Å². The van der Waals surface area contributed by atoms with E-state index in [2.05, 4.69) is 11.4 Å². The fourth-order valence-corrected chi connectivity index (χ4v) is 4.08. The molecule has 0 aromatic heterocycles. The van der Waals surface area contributed by atoms with Crippen molar-refractivity contribution in [2.75, 3.05) is 4.90 Å². The Bertz CT molecular complexity index is 1140. The van der Waals surface area contributed by atoms with E-state index in [1.54, 1.807) is 35.2 Å². The van der Waals surface area contributed by atoms with Crippen LogP contribution in [0.15, 0.2) is 66.7 Å². The van der Waals surface area contributed by atoms with E-state index in [4.69, 9.17) is 16.9 Å². The lowest BCUT2D eigenvalue weighted by atomic mass is 10.0. The van der Waals surface area contributed by atoms with Gasteiger partial charge in [0, 0.05) is 23.3 Å². The number of benzene rings is 3. The number of hydrogen-bond acceptors (Lipinski definition) is 3. The second-order valence-electron chi connectivity index (χ2n) is 7.38. The molecule has 0 aliphatic carbocycles. The number of amides is 1. The number of nitriles is 1. The minimum atomic E-state index is -0.662. The highest BCUT2D eigenvalue weighted by Gasteiger charge is 2.41. The summed E-state index contributed by atoms with van der Waals surface area (Å²) in [4.78, 5) is 15.0. The van der Waals surface area contributed by atoms with Crippen molar-refractivity contribution in [3.63, 3.8) is 0 Å². The molecule has 1 amide bonds. The average molecular weight is 438 g/mol. The van der Waals surface area contributed by atoms with E-state index >= 15 is 0 Å². The Morgan fingerprint density at radius 3 is 2.42 bits per heavy atom. The number of carbonyl (C=O) groups is 1. The van der Waals surface area contributed by atoms with Gasteiger partial charge < -0.3 is 10.2 Å². The van der Waals surface area contributed by atoms with E-state index < -0.39 is 17.7 Å². The molecule has 1 fully saturated rings. The van der Waals surface area contributed by atoms with Crippen LogP contribution in [0.2, 0.25) is 5.02 Å². The van der Waals surface area contributed by atoms with Crippen molar-refractivity contribution >= 4 is 23.2 Å². The van der Waals surface area contributed by atoms with Gasteiger partial charge in [0.05, 0.1) is 23.7 Å². The second-order valence-corrected chi connectivity index (χ2v) is 7.82. The summed E-state index contributed by atoms with van der Waals surface area (Å²) >= 11 is 6.17. The third-order valence-electron chi connectivity index (χ3n) is 5.29. The predicted octanol–water partition coefficient (Wildman–Crippen LogP) is 5.13. The highest BCUT2D eigenvalue weighted by Crippen LogP contribution is 2.38. The van der Waals surface area contributed by atoms with Crippen LogP contribution in [0, 0.1) is 23.0 Å². The monoisotopic (exact) mass is 437 g/mol. The quantitative estimate of drug-likeness (QED) is 0.602. The summed E-state index contributed by atoms with van der Waals surface area (Å²) < 4.78 is 27.0. The Hall–Kier alpha value is -3.27. The smallest absolute Gasteiger partial charge is 0.244 e. The normalized spacial score (nSPS) is 18.3. The van der Waals surface area contributed by atoms with Crippen molar-refractivity contribution in [2.24, 2.45) is 0 Å². The standard InChI is InChI=1S/C24H18ClF2N3O/c25-18-3-1-2-17(10-18)23-12-22(29-14-16-8-19(26)11-20(27)9-16)24(31)30(23)21-6-4-15(13-28)5-7-21/h1-11,22-23,29H,12,14H2/t22-,23-/m1/s1. The molecule has 3 aromatic carbocycles. The molecule has 3 aromatic rings. The summed E-state index contributed by atoms with van der Waals surface area (Å²) in [6.07, 6.45) is 0.455. The molecule has 1 aliphatic heterocycles. The first-order valence-electron chi connectivity index (χ1n) is 9.71. The third-order valence-corrected chi connectivity index (χ3v) is 5.52. The maximum atomic E-state index is 13.5. The number of rotatable bonds is 5. The lowest BCUT2D eigenvalue weighted by Crippen LogP contribution is -2.38. The van der Waals surface area contributed by atoms with E-state index in [0.29, 0.717) is 28.3 Å². The van der Waals surface area contributed by atoms with Crippen LogP contribution in [-0.4, -0.2) is 11.9 Å². The number of nitrogens with one attached hydrogen (secondary N) is 1. The van der Waals surface area contributed by atoms with Gasteiger partial charge in [-0.15, -0.1) is 0 Å². The molecule has 31 heavy (non-hydrogen) atoms.